The van der Waals surface area contributed by atoms with Crippen molar-refractivity contribution in [3.05, 3.63) is 77.6 Å². The highest BCUT2D eigenvalue weighted by molar-refractivity contribution is 5.94. The van der Waals surface area contributed by atoms with Crippen LogP contribution in [-0.2, 0) is 11.2 Å². The number of amides is 2. The Morgan fingerprint density at radius 1 is 1.09 bits per heavy atom. The Bertz CT molecular complexity index is 1040. The van der Waals surface area contributed by atoms with Crippen molar-refractivity contribution in [2.45, 2.75) is 38.6 Å². The zero-order valence-electron chi connectivity index (χ0n) is 18.3. The number of carbonyl (C=O) groups is 2. The molecule has 0 bridgehead atoms. The monoisotopic (exact) mass is 432 g/mol. The van der Waals surface area contributed by atoms with Crippen LogP contribution >= 0.6 is 0 Å². The average molecular weight is 433 g/mol. The first-order valence-electron chi connectivity index (χ1n) is 11.0. The Morgan fingerprint density at radius 2 is 1.88 bits per heavy atom. The summed E-state index contributed by atoms with van der Waals surface area (Å²) in [5.41, 5.74) is 1.80. The molecule has 1 N–H and O–H groups in total. The van der Waals surface area contributed by atoms with Gasteiger partial charge in [-0.1, -0.05) is 30.3 Å². The van der Waals surface area contributed by atoms with E-state index in [1.54, 1.807) is 29.4 Å². The quantitative estimate of drug-likeness (QED) is 0.646. The highest BCUT2D eigenvalue weighted by Crippen LogP contribution is 2.25. The molecule has 1 aliphatic heterocycles. The molecule has 1 saturated heterocycles. The summed E-state index contributed by atoms with van der Waals surface area (Å²) in [5.74, 6) is 1.23. The Kier molecular flexibility index (Phi) is 6.89. The van der Waals surface area contributed by atoms with Crippen LogP contribution in [0, 0.1) is 6.92 Å². The van der Waals surface area contributed by atoms with Crippen LogP contribution in [0.25, 0.3) is 0 Å². The summed E-state index contributed by atoms with van der Waals surface area (Å²) < 4.78 is 0. The molecule has 32 heavy (non-hydrogen) atoms. The zero-order chi connectivity index (χ0) is 22.3. The first kappa shape index (κ1) is 21.7. The molecule has 8 nitrogen and oxygen atoms in total. The molecule has 0 saturated carbocycles. The summed E-state index contributed by atoms with van der Waals surface area (Å²) in [6, 6.07) is 13.2. The number of H-pyrrole nitrogens is 1. The van der Waals surface area contributed by atoms with E-state index < -0.39 is 6.04 Å². The number of hydrogen-bond acceptors (Lipinski definition) is 5. The minimum absolute atomic E-state index is 0.0989. The van der Waals surface area contributed by atoms with Gasteiger partial charge < -0.3 is 9.80 Å². The molecular weight excluding hydrogens is 404 g/mol. The number of carbonyl (C=O) groups excluding carboxylic acids is 2. The molecule has 1 fully saturated rings. The second-order valence-corrected chi connectivity index (χ2v) is 8.06. The topological polar surface area (TPSA) is 95.1 Å². The van der Waals surface area contributed by atoms with Crippen LogP contribution in [0.5, 0.6) is 0 Å². The number of benzene rings is 1. The molecule has 0 spiro atoms. The lowest BCUT2D eigenvalue weighted by molar-refractivity contribution is -0.131. The first-order valence-corrected chi connectivity index (χ1v) is 11.0. The average Bonchev–Trinajstić information content (AvgIpc) is 3.13. The number of pyridine rings is 1. The van der Waals surface area contributed by atoms with E-state index in [2.05, 4.69) is 32.3 Å². The van der Waals surface area contributed by atoms with Crippen molar-refractivity contribution in [2.24, 2.45) is 0 Å². The molecule has 1 unspecified atom stereocenters. The van der Waals surface area contributed by atoms with Gasteiger partial charge in [-0.15, -0.1) is 0 Å². The highest BCUT2D eigenvalue weighted by atomic mass is 16.2. The van der Waals surface area contributed by atoms with Gasteiger partial charge in [-0.3, -0.25) is 19.7 Å². The van der Waals surface area contributed by atoms with Crippen molar-refractivity contribution >= 4 is 11.8 Å². The normalized spacial score (nSPS) is 16.6. The van der Waals surface area contributed by atoms with Crippen LogP contribution in [-0.4, -0.2) is 61.4 Å². The van der Waals surface area contributed by atoms with Gasteiger partial charge in [0.05, 0.1) is 0 Å². The van der Waals surface area contributed by atoms with Crippen LogP contribution in [0.3, 0.4) is 0 Å². The molecule has 2 amide bonds. The molecule has 166 valence electrons. The maximum atomic E-state index is 13.3. The van der Waals surface area contributed by atoms with Crippen molar-refractivity contribution in [1.82, 2.24) is 30.0 Å². The molecule has 0 radical (unpaired) electrons. The molecule has 8 heteroatoms. The fourth-order valence-electron chi connectivity index (χ4n) is 4.09. The van der Waals surface area contributed by atoms with Crippen molar-refractivity contribution < 1.29 is 9.59 Å². The largest absolute Gasteiger partial charge is 0.340 e. The van der Waals surface area contributed by atoms with Crippen LogP contribution in [0.2, 0.25) is 0 Å². The van der Waals surface area contributed by atoms with Crippen LogP contribution in [0.1, 0.15) is 52.9 Å². The Morgan fingerprint density at radius 3 is 2.59 bits per heavy atom. The standard InChI is InChI=1S/C24H28N6O2/c1-18-26-23(28-27-18)21-17-29(22(31)10-5-9-19-7-3-2-4-8-19)15-6-16-30(21)24(32)20-11-13-25-14-12-20/h2-4,7-8,11-14,21H,5-6,9-10,15-17H2,1H3,(H,26,27,28). The van der Waals surface area contributed by atoms with Crippen LogP contribution in [0.15, 0.2) is 54.9 Å². The molecule has 1 aromatic carbocycles. The number of aryl methyl sites for hydroxylation is 2. The van der Waals surface area contributed by atoms with E-state index in [-0.39, 0.29) is 11.8 Å². The summed E-state index contributed by atoms with van der Waals surface area (Å²) in [7, 11) is 0. The van der Waals surface area contributed by atoms with E-state index in [9.17, 15) is 9.59 Å². The summed E-state index contributed by atoms with van der Waals surface area (Å²) in [6.07, 6.45) is 6.08. The van der Waals surface area contributed by atoms with Gasteiger partial charge in [-0.25, -0.2) is 4.98 Å². The third-order valence-corrected chi connectivity index (χ3v) is 5.75. The fourth-order valence-corrected chi connectivity index (χ4v) is 4.09. The Balaban J connectivity index is 1.48. The summed E-state index contributed by atoms with van der Waals surface area (Å²) in [4.78, 5) is 38.5. The minimum Gasteiger partial charge on any atom is -0.340 e. The Hall–Kier alpha value is -3.55. The second kappa shape index (κ2) is 10.2. The lowest BCUT2D eigenvalue weighted by Gasteiger charge is -2.30. The molecule has 1 aliphatic rings. The van der Waals surface area contributed by atoms with Gasteiger partial charge in [0.25, 0.3) is 5.91 Å². The van der Waals surface area contributed by atoms with E-state index in [1.807, 2.05) is 30.0 Å². The molecular formula is C24H28N6O2. The number of hydrogen-bond donors (Lipinski definition) is 1. The smallest absolute Gasteiger partial charge is 0.254 e. The van der Waals surface area contributed by atoms with Crippen LogP contribution in [0.4, 0.5) is 0 Å². The van der Waals surface area contributed by atoms with Crippen LogP contribution < -0.4 is 0 Å². The summed E-state index contributed by atoms with van der Waals surface area (Å²) in [5, 5.41) is 7.19. The molecule has 3 heterocycles. The first-order chi connectivity index (χ1) is 15.6. The fraction of sp³-hybridized carbons (Fsp3) is 0.375. The van der Waals surface area contributed by atoms with Crippen molar-refractivity contribution in [3.8, 4) is 0 Å². The van der Waals surface area contributed by atoms with Gasteiger partial charge in [0.1, 0.15) is 11.9 Å². The van der Waals surface area contributed by atoms with Crippen molar-refractivity contribution in [2.75, 3.05) is 19.6 Å². The third-order valence-electron chi connectivity index (χ3n) is 5.75. The zero-order valence-corrected chi connectivity index (χ0v) is 18.3. The van der Waals surface area contributed by atoms with E-state index >= 15 is 0 Å². The van der Waals surface area contributed by atoms with Gasteiger partial charge in [0.2, 0.25) is 5.91 Å². The van der Waals surface area contributed by atoms with Gasteiger partial charge in [-0.05, 0) is 43.9 Å². The lowest BCUT2D eigenvalue weighted by Crippen LogP contribution is -2.40. The van der Waals surface area contributed by atoms with Gasteiger partial charge in [0.15, 0.2) is 5.82 Å². The third kappa shape index (κ3) is 5.19. The number of aromatic amines is 1. The molecule has 1 atom stereocenters. The number of nitrogens with one attached hydrogen (secondary N) is 1. The van der Waals surface area contributed by atoms with E-state index in [1.165, 1.54) is 5.56 Å². The molecule has 4 rings (SSSR count). The highest BCUT2D eigenvalue weighted by Gasteiger charge is 2.34. The lowest BCUT2D eigenvalue weighted by atomic mass is 10.1. The predicted octanol–water partition coefficient (Wildman–Crippen LogP) is 2.95. The molecule has 0 aliphatic carbocycles. The summed E-state index contributed by atoms with van der Waals surface area (Å²) >= 11 is 0. The van der Waals surface area contributed by atoms with Crippen molar-refractivity contribution in [1.29, 1.82) is 0 Å². The number of rotatable bonds is 6. The SMILES string of the molecule is Cc1nc(C2CN(C(=O)CCCc3ccccc3)CCCN2C(=O)c2ccncc2)n[nH]1. The van der Waals surface area contributed by atoms with Gasteiger partial charge in [0, 0.05) is 44.0 Å². The van der Waals surface area contributed by atoms with E-state index in [0.717, 1.165) is 12.8 Å². The minimum atomic E-state index is -0.402. The number of aromatic nitrogens is 4. The van der Waals surface area contributed by atoms with Gasteiger partial charge >= 0.3 is 0 Å². The van der Waals surface area contributed by atoms with Gasteiger partial charge in [-0.2, -0.15) is 5.10 Å². The molecule has 2 aromatic heterocycles. The summed E-state index contributed by atoms with van der Waals surface area (Å²) in [6.45, 7) is 3.37. The Labute approximate surface area is 187 Å². The van der Waals surface area contributed by atoms with E-state index in [4.69, 9.17) is 0 Å². The van der Waals surface area contributed by atoms with E-state index in [0.29, 0.717) is 49.7 Å². The maximum absolute atomic E-state index is 13.3. The second-order valence-electron chi connectivity index (χ2n) is 8.06. The number of nitrogens with zero attached hydrogens (tertiary/aromatic N) is 5. The molecule has 3 aromatic rings. The predicted molar refractivity (Wildman–Crippen MR) is 120 cm³/mol. The van der Waals surface area contributed by atoms with Crippen molar-refractivity contribution in [3.63, 3.8) is 0 Å². The maximum Gasteiger partial charge on any atom is 0.254 e.